The van der Waals surface area contributed by atoms with Gasteiger partial charge in [-0.25, -0.2) is 4.79 Å². The number of carbonyl (C=O) groups excluding carboxylic acids is 2. The van der Waals surface area contributed by atoms with E-state index in [9.17, 15) is 9.59 Å². The second-order valence-corrected chi connectivity index (χ2v) is 6.39. The van der Waals surface area contributed by atoms with Crippen LogP contribution in [0.3, 0.4) is 0 Å². The van der Waals surface area contributed by atoms with Gasteiger partial charge in [0.15, 0.2) is 12.7 Å². The molecule has 1 aliphatic rings. The molecule has 5 nitrogen and oxygen atoms in total. The van der Waals surface area contributed by atoms with E-state index < -0.39 is 12.1 Å². The van der Waals surface area contributed by atoms with Gasteiger partial charge in [-0.2, -0.15) is 0 Å². The summed E-state index contributed by atoms with van der Waals surface area (Å²) in [7, 11) is 0. The Balaban J connectivity index is 1.48. The summed E-state index contributed by atoms with van der Waals surface area (Å²) >= 11 is 0. The van der Waals surface area contributed by atoms with Gasteiger partial charge >= 0.3 is 5.97 Å². The van der Waals surface area contributed by atoms with E-state index in [2.05, 4.69) is 11.4 Å². The minimum Gasteiger partial charge on any atom is -0.479 e. The van der Waals surface area contributed by atoms with Crippen LogP contribution in [-0.2, 0) is 20.7 Å². The Morgan fingerprint density at radius 1 is 1.12 bits per heavy atom. The number of benzene rings is 2. The molecule has 136 valence electrons. The molecule has 2 aromatic rings. The van der Waals surface area contributed by atoms with Crippen LogP contribution in [0, 0.1) is 0 Å². The molecule has 0 aromatic heterocycles. The second kappa shape index (κ2) is 8.52. The number of nitrogens with one attached hydrogen (secondary N) is 1. The number of esters is 1. The van der Waals surface area contributed by atoms with Gasteiger partial charge in [0.1, 0.15) is 5.75 Å². The van der Waals surface area contributed by atoms with Gasteiger partial charge < -0.3 is 14.8 Å². The molecule has 5 heteroatoms. The average Bonchev–Trinajstić information content (AvgIpc) is 2.67. The first-order valence-corrected chi connectivity index (χ1v) is 8.89. The van der Waals surface area contributed by atoms with Gasteiger partial charge in [-0.05, 0) is 49.4 Å². The number of hydrogen-bond acceptors (Lipinski definition) is 4. The van der Waals surface area contributed by atoms with Crippen molar-refractivity contribution < 1.29 is 19.1 Å². The van der Waals surface area contributed by atoms with Crippen molar-refractivity contribution in [3.05, 3.63) is 65.7 Å². The predicted molar refractivity (Wildman–Crippen MR) is 97.8 cm³/mol. The molecule has 0 radical (unpaired) electrons. The molecule has 0 spiro atoms. The summed E-state index contributed by atoms with van der Waals surface area (Å²) in [4.78, 5) is 24.2. The van der Waals surface area contributed by atoms with Crippen molar-refractivity contribution in [3.63, 3.8) is 0 Å². The van der Waals surface area contributed by atoms with Crippen LogP contribution in [-0.4, -0.2) is 24.6 Å². The molecule has 0 fully saturated rings. The Labute approximate surface area is 153 Å². The fourth-order valence-corrected chi connectivity index (χ4v) is 3.15. The number of fused-ring (bicyclic) bond motifs is 1. The van der Waals surface area contributed by atoms with Crippen molar-refractivity contribution in [1.29, 1.82) is 0 Å². The van der Waals surface area contributed by atoms with Crippen LogP contribution in [0.2, 0.25) is 0 Å². The highest BCUT2D eigenvalue weighted by Gasteiger charge is 2.23. The van der Waals surface area contributed by atoms with E-state index in [0.717, 1.165) is 24.8 Å². The number of amides is 1. The summed E-state index contributed by atoms with van der Waals surface area (Å²) in [5.41, 5.74) is 2.42. The number of carbonyl (C=O) groups is 2. The first-order valence-electron chi connectivity index (χ1n) is 8.89. The van der Waals surface area contributed by atoms with Crippen molar-refractivity contribution in [2.45, 2.75) is 38.3 Å². The lowest BCUT2D eigenvalue weighted by atomic mass is 9.88. The van der Waals surface area contributed by atoms with Crippen LogP contribution < -0.4 is 10.1 Å². The predicted octanol–water partition coefficient (Wildman–Crippen LogP) is 3.19. The lowest BCUT2D eigenvalue weighted by Gasteiger charge is -2.26. The second-order valence-electron chi connectivity index (χ2n) is 6.39. The fourth-order valence-electron chi connectivity index (χ4n) is 3.15. The largest absolute Gasteiger partial charge is 0.479 e. The monoisotopic (exact) mass is 353 g/mol. The van der Waals surface area contributed by atoms with Gasteiger partial charge in [0.05, 0.1) is 6.04 Å². The number of hydrogen-bond donors (Lipinski definition) is 1. The third kappa shape index (κ3) is 4.63. The Morgan fingerprint density at radius 2 is 1.85 bits per heavy atom. The maximum Gasteiger partial charge on any atom is 0.347 e. The van der Waals surface area contributed by atoms with Gasteiger partial charge in [-0.15, -0.1) is 0 Å². The zero-order valence-electron chi connectivity index (χ0n) is 14.8. The summed E-state index contributed by atoms with van der Waals surface area (Å²) in [5, 5.41) is 2.96. The molecule has 2 aromatic carbocycles. The summed E-state index contributed by atoms with van der Waals surface area (Å²) < 4.78 is 10.6. The van der Waals surface area contributed by atoms with Crippen LogP contribution >= 0.6 is 0 Å². The molecule has 1 N–H and O–H groups in total. The topological polar surface area (TPSA) is 64.6 Å². The normalized spacial score (nSPS) is 16.9. The molecule has 0 heterocycles. The van der Waals surface area contributed by atoms with Crippen LogP contribution in [0.15, 0.2) is 54.6 Å². The highest BCUT2D eigenvalue weighted by molar-refractivity contribution is 5.82. The summed E-state index contributed by atoms with van der Waals surface area (Å²) in [6.45, 7) is 1.30. The van der Waals surface area contributed by atoms with Crippen molar-refractivity contribution in [3.8, 4) is 5.75 Å². The minimum atomic E-state index is -0.777. The van der Waals surface area contributed by atoms with Crippen LogP contribution in [0.25, 0.3) is 0 Å². The number of rotatable bonds is 6. The van der Waals surface area contributed by atoms with Crippen molar-refractivity contribution in [2.24, 2.45) is 0 Å². The first kappa shape index (κ1) is 18.0. The van der Waals surface area contributed by atoms with Gasteiger partial charge in [0.2, 0.25) is 0 Å². The first-order chi connectivity index (χ1) is 12.6. The Hall–Kier alpha value is -2.82. The quantitative estimate of drug-likeness (QED) is 0.810. The van der Waals surface area contributed by atoms with E-state index in [1.807, 2.05) is 36.4 Å². The van der Waals surface area contributed by atoms with E-state index >= 15 is 0 Å². The van der Waals surface area contributed by atoms with Crippen LogP contribution in [0.4, 0.5) is 0 Å². The molecule has 1 aliphatic carbocycles. The van der Waals surface area contributed by atoms with Gasteiger partial charge in [0, 0.05) is 0 Å². The molecule has 2 atom stereocenters. The standard InChI is InChI=1S/C21H23NO4/c1-15(26-17-10-3-2-4-11-17)21(24)25-14-20(23)22-19-13-7-9-16-8-5-6-12-18(16)19/h2-6,8,10-12,15,19H,7,9,13-14H2,1H3,(H,22,23)/t15-,19-/m1/s1. The van der Waals surface area contributed by atoms with E-state index in [1.165, 1.54) is 5.56 Å². The highest BCUT2D eigenvalue weighted by Crippen LogP contribution is 2.29. The van der Waals surface area contributed by atoms with Crippen LogP contribution in [0.1, 0.15) is 36.9 Å². The smallest absolute Gasteiger partial charge is 0.347 e. The molecule has 0 saturated carbocycles. The lowest BCUT2D eigenvalue weighted by Crippen LogP contribution is -2.36. The zero-order chi connectivity index (χ0) is 18.4. The highest BCUT2D eigenvalue weighted by atomic mass is 16.6. The molecule has 26 heavy (non-hydrogen) atoms. The maximum absolute atomic E-state index is 12.2. The molecule has 0 unspecified atom stereocenters. The van der Waals surface area contributed by atoms with E-state index in [1.54, 1.807) is 19.1 Å². The van der Waals surface area contributed by atoms with E-state index in [4.69, 9.17) is 9.47 Å². The van der Waals surface area contributed by atoms with E-state index in [0.29, 0.717) is 5.75 Å². The number of ether oxygens (including phenoxy) is 2. The molecule has 0 bridgehead atoms. The van der Waals surface area contributed by atoms with Gasteiger partial charge in [-0.1, -0.05) is 42.5 Å². The van der Waals surface area contributed by atoms with E-state index in [-0.39, 0.29) is 18.6 Å². The molecule has 1 amide bonds. The zero-order valence-corrected chi connectivity index (χ0v) is 14.8. The Morgan fingerprint density at radius 3 is 2.65 bits per heavy atom. The Kier molecular flexibility index (Phi) is 5.89. The summed E-state index contributed by atoms with van der Waals surface area (Å²) in [5.74, 6) is -0.278. The number of para-hydroxylation sites is 1. The molecular formula is C21H23NO4. The maximum atomic E-state index is 12.2. The third-order valence-corrected chi connectivity index (χ3v) is 4.44. The number of aryl methyl sites for hydroxylation is 1. The van der Waals surface area contributed by atoms with Gasteiger partial charge in [0.25, 0.3) is 5.91 Å². The minimum absolute atomic E-state index is 0.0239. The fraction of sp³-hybridized carbons (Fsp3) is 0.333. The Bertz CT molecular complexity index is 760. The third-order valence-electron chi connectivity index (χ3n) is 4.44. The lowest BCUT2D eigenvalue weighted by molar-refractivity contribution is -0.154. The summed E-state index contributed by atoms with van der Waals surface area (Å²) in [6.07, 6.45) is 2.18. The van der Waals surface area contributed by atoms with Crippen molar-refractivity contribution in [2.75, 3.05) is 6.61 Å². The molecule has 0 aliphatic heterocycles. The van der Waals surface area contributed by atoms with Crippen molar-refractivity contribution in [1.82, 2.24) is 5.32 Å². The molecule has 3 rings (SSSR count). The molecular weight excluding hydrogens is 330 g/mol. The SMILES string of the molecule is C[C@@H](Oc1ccccc1)C(=O)OCC(=O)N[C@@H]1CCCc2ccccc21. The van der Waals surface area contributed by atoms with Crippen molar-refractivity contribution >= 4 is 11.9 Å². The van der Waals surface area contributed by atoms with Gasteiger partial charge in [-0.3, -0.25) is 4.79 Å². The average molecular weight is 353 g/mol. The summed E-state index contributed by atoms with van der Waals surface area (Å²) in [6, 6.07) is 17.1. The molecule has 0 saturated heterocycles. The van der Waals surface area contributed by atoms with Crippen LogP contribution in [0.5, 0.6) is 5.75 Å².